The SMILES string of the molecule is CCC1CCCCN1C(=O)N1c2ccccc2Sc2ccccc21. The van der Waals surface area contributed by atoms with Crippen LogP contribution < -0.4 is 4.90 Å². The topological polar surface area (TPSA) is 23.6 Å². The molecule has 4 heteroatoms. The van der Waals surface area contributed by atoms with Gasteiger partial charge in [0.25, 0.3) is 0 Å². The minimum Gasteiger partial charge on any atom is -0.321 e. The highest BCUT2D eigenvalue weighted by Crippen LogP contribution is 2.48. The van der Waals surface area contributed by atoms with Crippen molar-refractivity contribution >= 4 is 29.2 Å². The molecule has 0 aromatic heterocycles. The van der Waals surface area contributed by atoms with E-state index < -0.39 is 0 Å². The van der Waals surface area contributed by atoms with Crippen molar-refractivity contribution in [1.29, 1.82) is 0 Å². The fourth-order valence-corrected chi connectivity index (χ4v) is 4.77. The van der Waals surface area contributed by atoms with Gasteiger partial charge >= 0.3 is 6.03 Å². The van der Waals surface area contributed by atoms with Crippen LogP contribution in [-0.2, 0) is 0 Å². The number of carbonyl (C=O) groups is 1. The number of benzene rings is 2. The van der Waals surface area contributed by atoms with Gasteiger partial charge in [-0.25, -0.2) is 4.79 Å². The number of hydrogen-bond donors (Lipinski definition) is 0. The van der Waals surface area contributed by atoms with Crippen molar-refractivity contribution in [3.8, 4) is 0 Å². The van der Waals surface area contributed by atoms with Crippen LogP contribution in [0.1, 0.15) is 32.6 Å². The number of anilines is 2. The molecule has 2 aromatic rings. The third-order valence-electron chi connectivity index (χ3n) is 4.97. The molecule has 0 spiro atoms. The fourth-order valence-electron chi connectivity index (χ4n) is 3.72. The zero-order valence-electron chi connectivity index (χ0n) is 13.9. The summed E-state index contributed by atoms with van der Waals surface area (Å²) in [5.74, 6) is 0. The number of piperidine rings is 1. The second-order valence-corrected chi connectivity index (χ2v) is 7.49. The Labute approximate surface area is 147 Å². The van der Waals surface area contributed by atoms with E-state index in [9.17, 15) is 4.79 Å². The molecule has 0 N–H and O–H groups in total. The van der Waals surface area contributed by atoms with Crippen LogP contribution in [-0.4, -0.2) is 23.5 Å². The minimum absolute atomic E-state index is 0.127. The maximum Gasteiger partial charge on any atom is 0.329 e. The van der Waals surface area contributed by atoms with Gasteiger partial charge in [0, 0.05) is 22.4 Å². The minimum atomic E-state index is 0.127. The van der Waals surface area contributed by atoms with Gasteiger partial charge < -0.3 is 4.90 Å². The average molecular weight is 338 g/mol. The third-order valence-corrected chi connectivity index (χ3v) is 6.10. The zero-order chi connectivity index (χ0) is 16.5. The first-order valence-electron chi connectivity index (χ1n) is 8.76. The summed E-state index contributed by atoms with van der Waals surface area (Å²) in [6.45, 7) is 3.05. The van der Waals surface area contributed by atoms with Crippen molar-refractivity contribution in [1.82, 2.24) is 4.90 Å². The summed E-state index contributed by atoms with van der Waals surface area (Å²) in [4.78, 5) is 19.8. The second kappa shape index (κ2) is 6.52. The van der Waals surface area contributed by atoms with Crippen LogP contribution in [0.3, 0.4) is 0 Å². The van der Waals surface area contributed by atoms with Crippen molar-refractivity contribution in [2.45, 2.75) is 48.4 Å². The summed E-state index contributed by atoms with van der Waals surface area (Å²) >= 11 is 1.74. The van der Waals surface area contributed by atoms with E-state index in [0.29, 0.717) is 6.04 Å². The van der Waals surface area contributed by atoms with Crippen molar-refractivity contribution < 1.29 is 4.79 Å². The predicted octanol–water partition coefficient (Wildman–Crippen LogP) is 5.67. The number of hydrogen-bond acceptors (Lipinski definition) is 2. The van der Waals surface area contributed by atoms with Crippen LogP contribution in [0.25, 0.3) is 0 Å². The molecule has 1 unspecified atom stereocenters. The first kappa shape index (κ1) is 15.6. The first-order chi connectivity index (χ1) is 11.8. The molecule has 0 bridgehead atoms. The van der Waals surface area contributed by atoms with Gasteiger partial charge in [0.15, 0.2) is 0 Å². The Morgan fingerprint density at radius 2 is 1.67 bits per heavy atom. The highest BCUT2D eigenvalue weighted by atomic mass is 32.2. The third kappa shape index (κ3) is 2.59. The first-order valence-corrected chi connectivity index (χ1v) is 9.58. The van der Waals surface area contributed by atoms with Crippen LogP contribution in [0.15, 0.2) is 58.3 Å². The van der Waals surface area contributed by atoms with Crippen LogP contribution in [0, 0.1) is 0 Å². The molecule has 0 saturated carbocycles. The quantitative estimate of drug-likeness (QED) is 0.668. The molecule has 2 aliphatic rings. The predicted molar refractivity (Wildman–Crippen MR) is 99.2 cm³/mol. The molecule has 1 atom stereocenters. The Morgan fingerprint density at radius 1 is 1.04 bits per heavy atom. The molecule has 0 radical (unpaired) electrons. The van der Waals surface area contributed by atoms with E-state index in [4.69, 9.17) is 0 Å². The molecule has 4 rings (SSSR count). The zero-order valence-corrected chi connectivity index (χ0v) is 14.8. The summed E-state index contributed by atoms with van der Waals surface area (Å²) in [5, 5.41) is 0. The molecule has 2 aromatic carbocycles. The van der Waals surface area contributed by atoms with E-state index >= 15 is 0 Å². The molecular formula is C20H22N2OS. The number of amides is 2. The van der Waals surface area contributed by atoms with Gasteiger partial charge in [-0.2, -0.15) is 0 Å². The van der Waals surface area contributed by atoms with Crippen molar-refractivity contribution in [3.05, 3.63) is 48.5 Å². The fraction of sp³-hybridized carbons (Fsp3) is 0.350. The molecule has 124 valence electrons. The normalized spacial score (nSPS) is 19.6. The molecule has 24 heavy (non-hydrogen) atoms. The molecular weight excluding hydrogens is 316 g/mol. The number of urea groups is 1. The van der Waals surface area contributed by atoms with Crippen molar-refractivity contribution in [2.24, 2.45) is 0 Å². The highest BCUT2D eigenvalue weighted by molar-refractivity contribution is 7.99. The Morgan fingerprint density at radius 3 is 2.29 bits per heavy atom. The molecule has 3 nitrogen and oxygen atoms in total. The Balaban J connectivity index is 1.78. The van der Waals surface area contributed by atoms with E-state index in [0.717, 1.165) is 47.0 Å². The summed E-state index contributed by atoms with van der Waals surface area (Å²) in [6.07, 6.45) is 4.48. The van der Waals surface area contributed by atoms with Gasteiger partial charge in [0.05, 0.1) is 11.4 Å². The molecule has 1 saturated heterocycles. The Bertz CT molecular complexity index is 715. The molecule has 0 aliphatic carbocycles. The molecule has 2 aliphatic heterocycles. The standard InChI is InChI=1S/C20H22N2OS/c1-2-15-9-7-8-14-21(15)20(23)22-16-10-3-5-12-18(16)24-19-13-6-4-11-17(19)22/h3-6,10-13,15H,2,7-9,14H2,1H3. The lowest BCUT2D eigenvalue weighted by molar-refractivity contribution is 0.156. The van der Waals surface area contributed by atoms with Crippen molar-refractivity contribution in [2.75, 3.05) is 11.4 Å². The van der Waals surface area contributed by atoms with Gasteiger partial charge in [-0.1, -0.05) is 43.0 Å². The lowest BCUT2D eigenvalue weighted by Gasteiger charge is -2.40. The maximum atomic E-state index is 13.5. The van der Waals surface area contributed by atoms with Gasteiger partial charge in [0.2, 0.25) is 0 Å². The lowest BCUT2D eigenvalue weighted by atomic mass is 10.0. The number of likely N-dealkylation sites (tertiary alicyclic amines) is 1. The van der Waals surface area contributed by atoms with Crippen molar-refractivity contribution in [3.63, 3.8) is 0 Å². The Hall–Kier alpha value is -1.94. The number of nitrogens with zero attached hydrogens (tertiary/aromatic N) is 2. The maximum absolute atomic E-state index is 13.5. The second-order valence-electron chi connectivity index (χ2n) is 6.41. The lowest BCUT2D eigenvalue weighted by Crippen LogP contribution is -2.49. The number of para-hydroxylation sites is 2. The summed E-state index contributed by atoms with van der Waals surface area (Å²) in [6, 6.07) is 16.9. The summed E-state index contributed by atoms with van der Waals surface area (Å²) in [5.41, 5.74) is 2.01. The van der Waals surface area contributed by atoms with E-state index in [2.05, 4.69) is 36.1 Å². The summed E-state index contributed by atoms with van der Waals surface area (Å²) < 4.78 is 0. The van der Waals surface area contributed by atoms with Crippen LogP contribution in [0.4, 0.5) is 16.2 Å². The highest BCUT2D eigenvalue weighted by Gasteiger charge is 2.34. The van der Waals surface area contributed by atoms with Crippen LogP contribution >= 0.6 is 11.8 Å². The molecule has 2 heterocycles. The molecule has 1 fully saturated rings. The van der Waals surface area contributed by atoms with E-state index in [-0.39, 0.29) is 6.03 Å². The van der Waals surface area contributed by atoms with Crippen LogP contribution in [0.5, 0.6) is 0 Å². The van der Waals surface area contributed by atoms with Gasteiger partial charge in [0.1, 0.15) is 0 Å². The Kier molecular flexibility index (Phi) is 4.23. The monoisotopic (exact) mass is 338 g/mol. The van der Waals surface area contributed by atoms with Crippen LogP contribution in [0.2, 0.25) is 0 Å². The van der Waals surface area contributed by atoms with E-state index in [1.165, 1.54) is 6.42 Å². The van der Waals surface area contributed by atoms with Gasteiger partial charge in [-0.05, 0) is 49.9 Å². The molecule has 2 amide bonds. The van der Waals surface area contributed by atoms with Gasteiger partial charge in [-0.15, -0.1) is 0 Å². The summed E-state index contributed by atoms with van der Waals surface area (Å²) in [7, 11) is 0. The number of rotatable bonds is 1. The number of carbonyl (C=O) groups excluding carboxylic acids is 1. The number of fused-ring (bicyclic) bond motifs is 2. The van der Waals surface area contributed by atoms with E-state index in [1.807, 2.05) is 29.2 Å². The van der Waals surface area contributed by atoms with E-state index in [1.54, 1.807) is 11.8 Å². The largest absolute Gasteiger partial charge is 0.329 e. The smallest absolute Gasteiger partial charge is 0.321 e. The van der Waals surface area contributed by atoms with Gasteiger partial charge in [-0.3, -0.25) is 4.90 Å². The average Bonchev–Trinajstić information content (AvgIpc) is 2.65.